The molecule has 0 amide bonds. The zero-order chi connectivity index (χ0) is 19.1. The average Bonchev–Trinajstić information content (AvgIpc) is 3.20. The van der Waals surface area contributed by atoms with Gasteiger partial charge in [-0.15, -0.1) is 35.3 Å². The van der Waals surface area contributed by atoms with Crippen molar-refractivity contribution in [2.75, 3.05) is 26.7 Å². The number of pyridine rings is 1. The van der Waals surface area contributed by atoms with E-state index in [0.29, 0.717) is 12.6 Å². The van der Waals surface area contributed by atoms with Gasteiger partial charge < -0.3 is 10.6 Å². The minimum atomic E-state index is 0. The highest BCUT2D eigenvalue weighted by Gasteiger charge is 2.25. The lowest BCUT2D eigenvalue weighted by atomic mass is 9.97. The van der Waals surface area contributed by atoms with Crippen molar-refractivity contribution in [1.29, 1.82) is 0 Å². The molecule has 1 unspecified atom stereocenters. The van der Waals surface area contributed by atoms with E-state index in [1.165, 1.54) is 30.8 Å². The summed E-state index contributed by atoms with van der Waals surface area (Å²) in [5.41, 5.74) is 2.06. The van der Waals surface area contributed by atoms with E-state index in [0.717, 1.165) is 29.8 Å². The Kier molecular flexibility index (Phi) is 9.67. The summed E-state index contributed by atoms with van der Waals surface area (Å²) in [6.45, 7) is 8.25. The molecular weight excluding hydrogens is 481 g/mol. The summed E-state index contributed by atoms with van der Waals surface area (Å²) in [7, 11) is 1.82. The van der Waals surface area contributed by atoms with Crippen molar-refractivity contribution >= 4 is 41.3 Å². The first kappa shape index (κ1) is 23.1. The van der Waals surface area contributed by atoms with E-state index in [4.69, 9.17) is 0 Å². The molecule has 1 atom stereocenters. The first-order valence-corrected chi connectivity index (χ1v) is 10.7. The lowest BCUT2D eigenvalue weighted by Crippen LogP contribution is -2.44. The number of likely N-dealkylation sites (tertiary alicyclic amines) is 1. The zero-order valence-corrected chi connectivity index (χ0v) is 20.2. The van der Waals surface area contributed by atoms with Gasteiger partial charge in [-0.05, 0) is 62.4 Å². The Balaban J connectivity index is 0.00000280. The van der Waals surface area contributed by atoms with E-state index in [1.807, 2.05) is 43.5 Å². The van der Waals surface area contributed by atoms with Gasteiger partial charge in [0.15, 0.2) is 5.96 Å². The molecule has 1 aliphatic heterocycles. The third-order valence-corrected chi connectivity index (χ3v) is 6.17. The van der Waals surface area contributed by atoms with Gasteiger partial charge >= 0.3 is 0 Å². The smallest absolute Gasteiger partial charge is 0.191 e. The van der Waals surface area contributed by atoms with E-state index in [2.05, 4.69) is 49.9 Å². The Morgan fingerprint density at radius 3 is 2.68 bits per heavy atom. The fourth-order valence-corrected chi connectivity index (χ4v) is 4.38. The van der Waals surface area contributed by atoms with E-state index in [9.17, 15) is 0 Å². The minimum absolute atomic E-state index is 0. The number of hydrogen-bond donors (Lipinski definition) is 2. The molecule has 3 heterocycles. The third-order valence-electron chi connectivity index (χ3n) is 5.20. The van der Waals surface area contributed by atoms with Crippen LogP contribution in [0.3, 0.4) is 0 Å². The summed E-state index contributed by atoms with van der Waals surface area (Å²) in [5.74, 6) is 1.67. The number of hydrogen-bond acceptors (Lipinski definition) is 4. The quantitative estimate of drug-likeness (QED) is 0.345. The molecule has 3 rings (SSSR count). The van der Waals surface area contributed by atoms with Crippen molar-refractivity contribution in [2.24, 2.45) is 10.9 Å². The van der Waals surface area contributed by atoms with Crippen LogP contribution in [-0.2, 0) is 6.54 Å². The molecule has 28 heavy (non-hydrogen) atoms. The molecule has 5 nitrogen and oxygen atoms in total. The van der Waals surface area contributed by atoms with Crippen molar-refractivity contribution in [3.8, 4) is 0 Å². The Hall–Kier alpha value is -1.19. The van der Waals surface area contributed by atoms with Crippen molar-refractivity contribution in [3.63, 3.8) is 0 Å². The summed E-state index contributed by atoms with van der Waals surface area (Å²) in [4.78, 5) is 13.0. The largest absolute Gasteiger partial charge is 0.354 e. The fraction of sp³-hybridized carbons (Fsp3) is 0.524. The van der Waals surface area contributed by atoms with Crippen LogP contribution in [0.15, 0.2) is 40.7 Å². The first-order chi connectivity index (χ1) is 13.2. The molecule has 0 spiro atoms. The molecule has 1 fully saturated rings. The van der Waals surface area contributed by atoms with E-state index in [1.54, 1.807) is 0 Å². The molecule has 1 saturated heterocycles. The van der Waals surface area contributed by atoms with E-state index >= 15 is 0 Å². The van der Waals surface area contributed by atoms with Gasteiger partial charge in [0.1, 0.15) is 0 Å². The summed E-state index contributed by atoms with van der Waals surface area (Å²) in [6.07, 6.45) is 2.57. The molecule has 2 aromatic heterocycles. The number of halogens is 1. The predicted molar refractivity (Wildman–Crippen MR) is 130 cm³/mol. The number of aryl methyl sites for hydroxylation is 1. The maximum absolute atomic E-state index is 4.54. The van der Waals surface area contributed by atoms with E-state index < -0.39 is 0 Å². The maximum Gasteiger partial charge on any atom is 0.191 e. The number of guanidine groups is 1. The fourth-order valence-electron chi connectivity index (χ4n) is 3.52. The second kappa shape index (κ2) is 11.7. The number of nitrogens with one attached hydrogen (secondary N) is 2. The van der Waals surface area contributed by atoms with Crippen LogP contribution < -0.4 is 10.6 Å². The highest BCUT2D eigenvalue weighted by atomic mass is 127. The van der Waals surface area contributed by atoms with Crippen LogP contribution in [0, 0.1) is 12.8 Å². The summed E-state index contributed by atoms with van der Waals surface area (Å²) in [5, 5.41) is 9.08. The Labute approximate surface area is 190 Å². The van der Waals surface area contributed by atoms with Crippen LogP contribution in [0.5, 0.6) is 0 Å². The second-order valence-corrected chi connectivity index (χ2v) is 8.31. The van der Waals surface area contributed by atoms with Gasteiger partial charge in [0.2, 0.25) is 0 Å². The molecule has 0 saturated carbocycles. The second-order valence-electron chi connectivity index (χ2n) is 7.33. The van der Waals surface area contributed by atoms with Gasteiger partial charge in [0.25, 0.3) is 0 Å². The van der Waals surface area contributed by atoms with Gasteiger partial charge in [0.05, 0.1) is 18.3 Å². The summed E-state index contributed by atoms with van der Waals surface area (Å²) in [6, 6.07) is 10.9. The summed E-state index contributed by atoms with van der Waals surface area (Å²) >= 11 is 1.84. The number of thiophene rings is 1. The van der Waals surface area contributed by atoms with Crippen LogP contribution in [0.25, 0.3) is 0 Å². The summed E-state index contributed by atoms with van der Waals surface area (Å²) < 4.78 is 0. The average molecular weight is 513 g/mol. The van der Waals surface area contributed by atoms with Crippen molar-refractivity contribution < 1.29 is 0 Å². The Morgan fingerprint density at radius 1 is 1.25 bits per heavy atom. The predicted octanol–water partition coefficient (Wildman–Crippen LogP) is 4.21. The molecule has 2 N–H and O–H groups in total. The Bertz CT molecular complexity index is 726. The SMILES string of the molecule is CN=C(NCc1cccc(C)n1)NCC(c1cccs1)N1CCC(C)CC1.I. The van der Waals surface area contributed by atoms with Gasteiger partial charge in [-0.1, -0.05) is 19.1 Å². The molecule has 2 aromatic rings. The van der Waals surface area contributed by atoms with Crippen molar-refractivity contribution in [1.82, 2.24) is 20.5 Å². The number of nitrogens with zero attached hydrogens (tertiary/aromatic N) is 3. The lowest BCUT2D eigenvalue weighted by molar-refractivity contribution is 0.140. The molecule has 7 heteroatoms. The standard InChI is InChI=1S/C21H31N5S.HI/c1-16-9-11-26(12-10-16)19(20-8-5-13-27-20)15-24-21(22-3)23-14-18-7-4-6-17(2)25-18;/h4-8,13,16,19H,9-12,14-15H2,1-3H3,(H2,22,23,24);1H. The number of piperidine rings is 1. The molecule has 0 aromatic carbocycles. The van der Waals surface area contributed by atoms with Crippen LogP contribution in [-0.4, -0.2) is 42.5 Å². The number of aromatic nitrogens is 1. The Morgan fingerprint density at radius 2 is 2.04 bits per heavy atom. The number of rotatable bonds is 6. The van der Waals surface area contributed by atoms with Crippen molar-refractivity contribution in [2.45, 2.75) is 39.3 Å². The van der Waals surface area contributed by atoms with Gasteiger partial charge in [-0.25, -0.2) is 0 Å². The molecule has 0 aliphatic carbocycles. The molecule has 154 valence electrons. The highest BCUT2D eigenvalue weighted by Crippen LogP contribution is 2.29. The molecular formula is C21H32IN5S. The first-order valence-electron chi connectivity index (χ1n) is 9.80. The maximum atomic E-state index is 4.54. The third kappa shape index (κ3) is 6.70. The van der Waals surface area contributed by atoms with Gasteiger partial charge in [-0.2, -0.15) is 0 Å². The van der Waals surface area contributed by atoms with Gasteiger partial charge in [-0.3, -0.25) is 14.9 Å². The van der Waals surface area contributed by atoms with Crippen molar-refractivity contribution in [3.05, 3.63) is 52.0 Å². The highest BCUT2D eigenvalue weighted by molar-refractivity contribution is 14.0. The molecule has 0 radical (unpaired) electrons. The van der Waals surface area contributed by atoms with Crippen LogP contribution in [0.2, 0.25) is 0 Å². The van der Waals surface area contributed by atoms with Crippen LogP contribution in [0.4, 0.5) is 0 Å². The van der Waals surface area contributed by atoms with Gasteiger partial charge in [0, 0.05) is 24.2 Å². The topological polar surface area (TPSA) is 52.6 Å². The minimum Gasteiger partial charge on any atom is -0.354 e. The number of aliphatic imine (C=N–C) groups is 1. The van der Waals surface area contributed by atoms with Crippen LogP contribution in [0.1, 0.15) is 42.1 Å². The molecule has 1 aliphatic rings. The van der Waals surface area contributed by atoms with Crippen LogP contribution >= 0.6 is 35.3 Å². The monoisotopic (exact) mass is 513 g/mol. The van der Waals surface area contributed by atoms with E-state index in [-0.39, 0.29) is 24.0 Å². The normalized spacial score (nSPS) is 17.0. The lowest BCUT2D eigenvalue weighted by Gasteiger charge is -2.36. The zero-order valence-electron chi connectivity index (χ0n) is 17.0. The molecule has 0 bridgehead atoms.